The summed E-state index contributed by atoms with van der Waals surface area (Å²) in [4.78, 5) is 35.4. The number of aromatic nitrogens is 5. The molecule has 5 rings (SSSR count). The number of nitrogens with two attached hydrogens (primary N) is 1. The first-order valence-corrected chi connectivity index (χ1v) is 11.3. The first-order valence-electron chi connectivity index (χ1n) is 11.3. The number of halogens is 3. The second-order valence-electron chi connectivity index (χ2n) is 8.35. The van der Waals surface area contributed by atoms with Crippen LogP contribution in [0.1, 0.15) is 21.5 Å². The topological polar surface area (TPSA) is 155 Å². The van der Waals surface area contributed by atoms with Crippen LogP contribution in [-0.2, 0) is 12.7 Å². The van der Waals surface area contributed by atoms with Gasteiger partial charge in [0.2, 0.25) is 0 Å². The number of nitrogens with zero attached hydrogens (tertiary/aromatic N) is 6. The van der Waals surface area contributed by atoms with Gasteiger partial charge >= 0.3 is 6.18 Å². The number of benzene rings is 2. The van der Waals surface area contributed by atoms with Gasteiger partial charge < -0.3 is 11.1 Å². The van der Waals surface area contributed by atoms with E-state index in [1.54, 1.807) is 28.9 Å². The molecular formula is C25H17F3N8O3. The van der Waals surface area contributed by atoms with E-state index in [-0.39, 0.29) is 29.4 Å². The Kier molecular flexibility index (Phi) is 6.35. The lowest BCUT2D eigenvalue weighted by atomic mass is 10.1. The van der Waals surface area contributed by atoms with Crippen LogP contribution in [0.2, 0.25) is 0 Å². The van der Waals surface area contributed by atoms with Gasteiger partial charge in [-0.25, -0.2) is 19.6 Å². The molecule has 0 aliphatic heterocycles. The number of pyridine rings is 1. The summed E-state index contributed by atoms with van der Waals surface area (Å²) in [5, 5.41) is 18.6. The number of non-ortho nitro benzene ring substituents is 1. The fraction of sp³-hybridized carbons (Fsp3) is 0.0800. The van der Waals surface area contributed by atoms with E-state index < -0.39 is 22.6 Å². The van der Waals surface area contributed by atoms with Gasteiger partial charge in [-0.05, 0) is 29.8 Å². The van der Waals surface area contributed by atoms with Crippen LogP contribution in [-0.4, -0.2) is 35.6 Å². The fourth-order valence-corrected chi connectivity index (χ4v) is 3.93. The first-order chi connectivity index (χ1) is 18.6. The average molecular weight is 534 g/mol. The van der Waals surface area contributed by atoms with Crippen LogP contribution in [0.25, 0.3) is 22.3 Å². The van der Waals surface area contributed by atoms with Crippen molar-refractivity contribution in [2.45, 2.75) is 12.7 Å². The summed E-state index contributed by atoms with van der Waals surface area (Å²) < 4.78 is 40.4. The number of amides is 1. The molecule has 0 atom stereocenters. The quantitative estimate of drug-likeness (QED) is 0.235. The van der Waals surface area contributed by atoms with Gasteiger partial charge in [0, 0.05) is 29.5 Å². The molecule has 5 aromatic rings. The van der Waals surface area contributed by atoms with Gasteiger partial charge in [-0.3, -0.25) is 14.9 Å². The zero-order chi connectivity index (χ0) is 27.7. The summed E-state index contributed by atoms with van der Waals surface area (Å²) in [7, 11) is 0. The minimum Gasteiger partial charge on any atom is -0.383 e. The highest BCUT2D eigenvalue weighted by atomic mass is 19.4. The van der Waals surface area contributed by atoms with E-state index in [4.69, 9.17) is 5.73 Å². The number of nitrogens with one attached hydrogen (secondary N) is 1. The minimum absolute atomic E-state index is 0.0625. The Morgan fingerprint density at radius 1 is 1.05 bits per heavy atom. The zero-order valence-electron chi connectivity index (χ0n) is 19.8. The van der Waals surface area contributed by atoms with Crippen molar-refractivity contribution in [3.05, 3.63) is 100.0 Å². The maximum Gasteiger partial charge on any atom is 0.416 e. The van der Waals surface area contributed by atoms with Crippen molar-refractivity contribution >= 4 is 34.3 Å². The molecule has 2 aromatic carbocycles. The van der Waals surface area contributed by atoms with Gasteiger partial charge in [-0.1, -0.05) is 24.3 Å². The number of hydrogen-bond acceptors (Lipinski definition) is 8. The molecule has 0 radical (unpaired) electrons. The number of nitrogen functional groups attached to an aromatic ring is 1. The largest absolute Gasteiger partial charge is 0.416 e. The molecule has 3 N–H and O–H groups in total. The van der Waals surface area contributed by atoms with Crippen molar-refractivity contribution in [1.29, 1.82) is 0 Å². The monoisotopic (exact) mass is 534 g/mol. The Labute approximate surface area is 217 Å². The van der Waals surface area contributed by atoms with Crippen molar-refractivity contribution in [3.8, 4) is 11.3 Å². The molecule has 3 heterocycles. The molecule has 11 nitrogen and oxygen atoms in total. The molecule has 0 saturated carbocycles. The van der Waals surface area contributed by atoms with Gasteiger partial charge in [0.15, 0.2) is 5.65 Å². The SMILES string of the molecule is Nc1ncnc2c1c(-c1ccc(C(=O)Nc3cc(C(F)(F)F)ccn3)cc1)nn2Cc1cccc([N+](=O)[O-])c1. The lowest BCUT2D eigenvalue weighted by molar-refractivity contribution is -0.384. The molecule has 0 saturated heterocycles. The second-order valence-corrected chi connectivity index (χ2v) is 8.35. The molecule has 0 aliphatic rings. The third kappa shape index (κ3) is 5.20. The van der Waals surface area contributed by atoms with Crippen LogP contribution >= 0.6 is 0 Å². The maximum absolute atomic E-state index is 13.0. The van der Waals surface area contributed by atoms with E-state index >= 15 is 0 Å². The predicted octanol–water partition coefficient (Wildman–Crippen LogP) is 4.70. The highest BCUT2D eigenvalue weighted by Crippen LogP contribution is 2.32. The van der Waals surface area contributed by atoms with Crippen molar-refractivity contribution in [1.82, 2.24) is 24.7 Å². The molecule has 0 fully saturated rings. The van der Waals surface area contributed by atoms with Crippen molar-refractivity contribution < 1.29 is 22.9 Å². The molecule has 0 unspecified atom stereocenters. The molecule has 0 aliphatic carbocycles. The number of nitro groups is 1. The van der Waals surface area contributed by atoms with Gasteiger partial charge in [0.25, 0.3) is 11.6 Å². The number of carbonyl (C=O) groups is 1. The first kappa shape index (κ1) is 25.3. The van der Waals surface area contributed by atoms with Gasteiger partial charge in [-0.15, -0.1) is 0 Å². The molecule has 3 aromatic heterocycles. The van der Waals surface area contributed by atoms with Crippen LogP contribution in [0.3, 0.4) is 0 Å². The molecular weight excluding hydrogens is 517 g/mol. The molecule has 196 valence electrons. The summed E-state index contributed by atoms with van der Waals surface area (Å²) in [6.45, 7) is 0.166. The third-order valence-electron chi connectivity index (χ3n) is 5.76. The molecule has 14 heteroatoms. The summed E-state index contributed by atoms with van der Waals surface area (Å²) in [6.07, 6.45) is -2.33. The van der Waals surface area contributed by atoms with Crippen LogP contribution in [0.15, 0.2) is 73.2 Å². The Morgan fingerprint density at radius 3 is 2.54 bits per heavy atom. The average Bonchev–Trinajstić information content (AvgIpc) is 3.28. The second kappa shape index (κ2) is 9.81. The lowest BCUT2D eigenvalue weighted by Gasteiger charge is -2.09. The third-order valence-corrected chi connectivity index (χ3v) is 5.76. The fourth-order valence-electron chi connectivity index (χ4n) is 3.93. The van der Waals surface area contributed by atoms with E-state index in [0.29, 0.717) is 27.9 Å². The van der Waals surface area contributed by atoms with Crippen LogP contribution in [0.4, 0.5) is 30.5 Å². The highest BCUT2D eigenvalue weighted by molar-refractivity contribution is 6.04. The van der Waals surface area contributed by atoms with Gasteiger partial charge in [0.05, 0.1) is 22.4 Å². The Balaban J connectivity index is 1.44. The minimum atomic E-state index is -4.57. The zero-order valence-corrected chi connectivity index (χ0v) is 19.8. The number of rotatable bonds is 6. The van der Waals surface area contributed by atoms with Crippen molar-refractivity contribution in [3.63, 3.8) is 0 Å². The van der Waals surface area contributed by atoms with Crippen molar-refractivity contribution in [2.24, 2.45) is 0 Å². The smallest absolute Gasteiger partial charge is 0.383 e. The summed E-state index contributed by atoms with van der Waals surface area (Å²) in [5.74, 6) is -0.732. The molecule has 0 spiro atoms. The van der Waals surface area contributed by atoms with E-state index in [1.807, 2.05) is 0 Å². The van der Waals surface area contributed by atoms with E-state index in [9.17, 15) is 28.1 Å². The number of fused-ring (bicyclic) bond motifs is 1. The van der Waals surface area contributed by atoms with Gasteiger partial charge in [0.1, 0.15) is 23.7 Å². The van der Waals surface area contributed by atoms with Crippen LogP contribution in [0.5, 0.6) is 0 Å². The van der Waals surface area contributed by atoms with Gasteiger partial charge in [-0.2, -0.15) is 18.3 Å². The number of alkyl halides is 3. The molecule has 1 amide bonds. The number of carbonyl (C=O) groups excluding carboxylic acids is 1. The van der Waals surface area contributed by atoms with Crippen LogP contribution in [0, 0.1) is 10.1 Å². The van der Waals surface area contributed by atoms with E-state index in [1.165, 1.54) is 30.6 Å². The standard InChI is InChI=1S/C25H17F3N8O3/c26-25(27,28)17-8-9-30-19(11-17)33-24(37)16-6-4-15(5-7-16)21-20-22(29)31-13-32-23(20)35(34-21)12-14-2-1-3-18(10-14)36(38)39/h1-11,13H,12H2,(H2,29,31,32)(H,30,33,37). The number of hydrogen-bond donors (Lipinski definition) is 2. The normalized spacial score (nSPS) is 11.5. The van der Waals surface area contributed by atoms with Crippen LogP contribution < -0.4 is 11.1 Å². The Morgan fingerprint density at radius 2 is 1.82 bits per heavy atom. The summed E-state index contributed by atoms with van der Waals surface area (Å²) >= 11 is 0. The summed E-state index contributed by atoms with van der Waals surface area (Å²) in [5.41, 5.74) is 7.30. The Bertz CT molecular complexity index is 1720. The maximum atomic E-state index is 13.0. The van der Waals surface area contributed by atoms with E-state index in [0.717, 1.165) is 18.3 Å². The lowest BCUT2D eigenvalue weighted by Crippen LogP contribution is -2.14. The molecule has 0 bridgehead atoms. The predicted molar refractivity (Wildman–Crippen MR) is 135 cm³/mol. The summed E-state index contributed by atoms with van der Waals surface area (Å²) in [6, 6.07) is 13.8. The molecule has 39 heavy (non-hydrogen) atoms. The van der Waals surface area contributed by atoms with Crippen molar-refractivity contribution in [2.75, 3.05) is 11.1 Å². The number of nitro benzene ring substituents is 1. The highest BCUT2D eigenvalue weighted by Gasteiger charge is 2.31. The van der Waals surface area contributed by atoms with E-state index in [2.05, 4.69) is 25.4 Å². The Hall–Kier alpha value is -5.40. The number of anilines is 2.